The number of pyridine rings is 1. The summed E-state index contributed by atoms with van der Waals surface area (Å²) in [5, 5.41) is 0. The molecule has 0 amide bonds. The maximum Gasteiger partial charge on any atom is 0.178 e. The van der Waals surface area contributed by atoms with Gasteiger partial charge in [-0.05, 0) is 19.2 Å². The Morgan fingerprint density at radius 1 is 0.704 bits per heavy atom. The van der Waals surface area contributed by atoms with Crippen LogP contribution in [0.4, 0.5) is 0 Å². The maximum atomic E-state index is 11.2. The van der Waals surface area contributed by atoms with Crippen molar-refractivity contribution in [1.29, 1.82) is 0 Å². The number of nitrogens with zero attached hydrogens (tertiary/aromatic N) is 1. The molecule has 160 valence electrons. The topological polar surface area (TPSA) is 56.0 Å². The summed E-state index contributed by atoms with van der Waals surface area (Å²) in [6.45, 7) is 17.5. The number of ketones is 1. The molecule has 0 atom stereocenters. The van der Waals surface area contributed by atoms with Gasteiger partial charge in [0, 0.05) is 12.5 Å². The molecule has 0 saturated heterocycles. The van der Waals surface area contributed by atoms with E-state index in [2.05, 4.69) is 10.7 Å². The number of hydrogen-bond donors (Lipinski definition) is 1. The van der Waals surface area contributed by atoms with Gasteiger partial charge in [-0.1, -0.05) is 107 Å². The Morgan fingerprint density at radius 3 is 1.48 bits per heavy atom. The number of rotatable bonds is 2. The molecule has 0 aliphatic rings. The van der Waals surface area contributed by atoms with Crippen molar-refractivity contribution in [2.24, 2.45) is 5.73 Å². The highest BCUT2D eigenvalue weighted by Gasteiger charge is 2.03. The molecule has 0 radical (unpaired) electrons. The van der Waals surface area contributed by atoms with Crippen molar-refractivity contribution in [3.8, 4) is 11.3 Å². The van der Waals surface area contributed by atoms with Crippen molar-refractivity contribution in [2.75, 3.05) is 7.05 Å². The molecule has 0 aliphatic carbocycles. The van der Waals surface area contributed by atoms with Crippen LogP contribution in [-0.2, 0) is 0 Å². The van der Waals surface area contributed by atoms with E-state index in [0.29, 0.717) is 5.69 Å². The summed E-state index contributed by atoms with van der Waals surface area (Å²) in [7, 11) is 1.50. The first-order valence-corrected chi connectivity index (χ1v) is 9.38. The van der Waals surface area contributed by atoms with Crippen LogP contribution in [-0.4, -0.2) is 17.8 Å². The van der Waals surface area contributed by atoms with Crippen molar-refractivity contribution in [3.05, 3.63) is 54.2 Å². The average molecular weight is 381 g/mol. The molecule has 0 aliphatic heterocycles. The van der Waals surface area contributed by atoms with Gasteiger partial charge < -0.3 is 5.73 Å². The molecular formula is C24H48N2O. The van der Waals surface area contributed by atoms with Gasteiger partial charge in [-0.25, -0.2) is 4.98 Å². The van der Waals surface area contributed by atoms with Crippen molar-refractivity contribution in [2.45, 2.75) is 77.2 Å². The van der Waals surface area contributed by atoms with E-state index in [0.717, 1.165) is 11.3 Å². The standard InChI is InChI=1S/C13H11NO.4C2H6.CH5N.2CH4/c1-10(15)12-8-5-9-13(14-12)11-6-3-2-4-7-11;5*1-2;;/h2-9H,1H3;4*1-2H3;2H2,1H3;2*1H4. The summed E-state index contributed by atoms with van der Waals surface area (Å²) in [5.74, 6) is -0.00668. The molecule has 1 aromatic heterocycles. The quantitative estimate of drug-likeness (QED) is 0.538. The molecule has 1 aromatic carbocycles. The normalized spacial score (nSPS) is 6.63. The molecule has 1 heterocycles. The predicted octanol–water partition coefficient (Wildman–Crippen LogP) is 7.90. The lowest BCUT2D eigenvalue weighted by molar-refractivity contribution is 0.101. The van der Waals surface area contributed by atoms with Crippen molar-refractivity contribution < 1.29 is 4.79 Å². The Kier molecular flexibility index (Phi) is 52.0. The summed E-state index contributed by atoms with van der Waals surface area (Å²) in [6.07, 6.45) is 0. The third kappa shape index (κ3) is 20.2. The fraction of sp³-hybridized carbons (Fsp3) is 0.500. The van der Waals surface area contributed by atoms with Crippen LogP contribution in [0.3, 0.4) is 0 Å². The van der Waals surface area contributed by atoms with Crippen molar-refractivity contribution >= 4 is 5.78 Å². The molecule has 3 heteroatoms. The number of Topliss-reactive ketones (excluding diaryl/α,β-unsaturated/α-hetero) is 1. The zero-order chi connectivity index (χ0) is 20.7. The average Bonchev–Trinajstić information content (AvgIpc) is 2.76. The third-order valence-corrected chi connectivity index (χ3v) is 2.18. The van der Waals surface area contributed by atoms with Gasteiger partial charge in [0.2, 0.25) is 0 Å². The van der Waals surface area contributed by atoms with Gasteiger partial charge in [0.05, 0.1) is 5.69 Å². The Labute approximate surface area is 171 Å². The number of hydrogen-bond acceptors (Lipinski definition) is 3. The van der Waals surface area contributed by atoms with Crippen LogP contribution in [0.25, 0.3) is 11.3 Å². The molecule has 0 bridgehead atoms. The summed E-state index contributed by atoms with van der Waals surface area (Å²) in [6, 6.07) is 15.3. The Balaban J connectivity index is -0.0000000805. The molecule has 27 heavy (non-hydrogen) atoms. The number of benzene rings is 1. The van der Waals surface area contributed by atoms with E-state index >= 15 is 0 Å². The first kappa shape index (κ1) is 39.9. The molecule has 3 nitrogen and oxygen atoms in total. The van der Waals surface area contributed by atoms with Crippen LogP contribution < -0.4 is 5.73 Å². The van der Waals surface area contributed by atoms with Gasteiger partial charge in [0.15, 0.2) is 5.78 Å². The minimum absolute atomic E-state index is 0. The van der Waals surface area contributed by atoms with E-state index in [1.165, 1.54) is 14.0 Å². The molecule has 2 aromatic rings. The number of carbonyl (C=O) groups excluding carboxylic acids is 1. The lowest BCUT2D eigenvalue weighted by Crippen LogP contribution is -1.97. The Morgan fingerprint density at radius 2 is 1.11 bits per heavy atom. The highest BCUT2D eigenvalue weighted by molar-refractivity contribution is 5.92. The third-order valence-electron chi connectivity index (χ3n) is 2.18. The van der Waals surface area contributed by atoms with Crippen LogP contribution in [0, 0.1) is 0 Å². The highest BCUT2D eigenvalue weighted by atomic mass is 16.1. The second-order valence-electron chi connectivity index (χ2n) is 3.33. The van der Waals surface area contributed by atoms with E-state index in [9.17, 15) is 4.79 Å². The van der Waals surface area contributed by atoms with Crippen molar-refractivity contribution in [3.63, 3.8) is 0 Å². The zero-order valence-electron chi connectivity index (χ0n) is 18.1. The highest BCUT2D eigenvalue weighted by Crippen LogP contribution is 2.16. The van der Waals surface area contributed by atoms with Gasteiger partial charge >= 0.3 is 0 Å². The van der Waals surface area contributed by atoms with E-state index in [4.69, 9.17) is 0 Å². The van der Waals surface area contributed by atoms with Gasteiger partial charge in [-0.15, -0.1) is 0 Å². The predicted molar refractivity (Wildman–Crippen MR) is 129 cm³/mol. The van der Waals surface area contributed by atoms with Gasteiger partial charge in [0.25, 0.3) is 0 Å². The van der Waals surface area contributed by atoms with Gasteiger partial charge in [0.1, 0.15) is 5.69 Å². The van der Waals surface area contributed by atoms with Crippen LogP contribution in [0.15, 0.2) is 48.5 Å². The molecule has 0 saturated carbocycles. The summed E-state index contributed by atoms with van der Waals surface area (Å²) >= 11 is 0. The van der Waals surface area contributed by atoms with Gasteiger partial charge in [-0.2, -0.15) is 0 Å². The molecule has 2 rings (SSSR count). The van der Waals surface area contributed by atoms with Crippen LogP contribution in [0.5, 0.6) is 0 Å². The summed E-state index contributed by atoms with van der Waals surface area (Å²) in [4.78, 5) is 15.5. The second kappa shape index (κ2) is 35.2. The Hall–Kier alpha value is -2.00. The van der Waals surface area contributed by atoms with Crippen molar-refractivity contribution in [1.82, 2.24) is 4.98 Å². The fourth-order valence-electron chi connectivity index (χ4n) is 1.40. The summed E-state index contributed by atoms with van der Waals surface area (Å²) in [5.41, 5.74) is 6.88. The molecule has 0 spiro atoms. The second-order valence-corrected chi connectivity index (χ2v) is 3.33. The monoisotopic (exact) mass is 380 g/mol. The Bertz CT molecular complexity index is 483. The lowest BCUT2D eigenvalue weighted by atomic mass is 10.1. The lowest BCUT2D eigenvalue weighted by Gasteiger charge is -2.01. The van der Waals surface area contributed by atoms with E-state index in [1.807, 2.05) is 97.9 Å². The largest absolute Gasteiger partial charge is 0.333 e. The number of aromatic nitrogens is 1. The minimum atomic E-state index is -0.00668. The molecule has 0 unspecified atom stereocenters. The number of carbonyl (C=O) groups is 1. The molecular weight excluding hydrogens is 332 g/mol. The van der Waals surface area contributed by atoms with E-state index < -0.39 is 0 Å². The number of nitrogens with two attached hydrogens (primary N) is 1. The maximum absolute atomic E-state index is 11.2. The first-order chi connectivity index (χ1) is 12.3. The fourth-order valence-corrected chi connectivity index (χ4v) is 1.40. The van der Waals surface area contributed by atoms with Crippen LogP contribution in [0.1, 0.15) is 87.7 Å². The van der Waals surface area contributed by atoms with E-state index in [-0.39, 0.29) is 20.6 Å². The van der Waals surface area contributed by atoms with E-state index in [1.54, 1.807) is 6.07 Å². The summed E-state index contributed by atoms with van der Waals surface area (Å²) < 4.78 is 0. The van der Waals surface area contributed by atoms with Crippen LogP contribution in [0.2, 0.25) is 0 Å². The minimum Gasteiger partial charge on any atom is -0.333 e. The molecule has 0 fully saturated rings. The van der Waals surface area contributed by atoms with Gasteiger partial charge in [-0.3, -0.25) is 4.79 Å². The smallest absolute Gasteiger partial charge is 0.178 e. The zero-order valence-corrected chi connectivity index (χ0v) is 18.1. The SMILES string of the molecule is C.C.CC.CC.CC.CC.CC(=O)c1cccc(-c2ccccc2)n1.CN. The molecule has 2 N–H and O–H groups in total. The van der Waals surface area contributed by atoms with Crippen LogP contribution >= 0.6 is 0 Å². The first-order valence-electron chi connectivity index (χ1n) is 9.38.